The first-order valence-corrected chi connectivity index (χ1v) is 9.20. The van der Waals surface area contributed by atoms with Gasteiger partial charge in [-0.1, -0.05) is 29.8 Å². The number of aromatic nitrogens is 2. The van der Waals surface area contributed by atoms with Gasteiger partial charge in [-0.25, -0.2) is 4.68 Å². The molecule has 1 fully saturated rings. The lowest BCUT2D eigenvalue weighted by atomic mass is 9.89. The highest BCUT2D eigenvalue weighted by molar-refractivity contribution is 9.10. The Morgan fingerprint density at radius 3 is 2.76 bits per heavy atom. The van der Waals surface area contributed by atoms with Crippen LogP contribution in [0.15, 0.2) is 27.5 Å². The Balaban J connectivity index is 1.86. The number of carbonyl (C=O) groups is 1. The minimum absolute atomic E-state index is 0.0707. The molecule has 1 N–H and O–H groups in total. The summed E-state index contributed by atoms with van der Waals surface area (Å²) in [5.41, 5.74) is 0.567. The highest BCUT2D eigenvalue weighted by Gasteiger charge is 2.30. The van der Waals surface area contributed by atoms with Crippen LogP contribution in [-0.2, 0) is 16.1 Å². The maximum absolute atomic E-state index is 12.7. The summed E-state index contributed by atoms with van der Waals surface area (Å²) in [4.78, 5) is 25.0. The molecule has 1 amide bonds. The molecule has 0 bridgehead atoms. The van der Waals surface area contributed by atoms with Crippen molar-refractivity contribution >= 4 is 32.6 Å². The Morgan fingerprint density at radius 2 is 2.12 bits per heavy atom. The summed E-state index contributed by atoms with van der Waals surface area (Å²) in [6, 6.07) is 5.63. The quantitative estimate of drug-likeness (QED) is 0.826. The number of carbonyl (C=O) groups excluding carboxylic acids is 1. The summed E-state index contributed by atoms with van der Waals surface area (Å²) in [6.45, 7) is 3.98. The van der Waals surface area contributed by atoms with Crippen molar-refractivity contribution in [2.75, 3.05) is 7.11 Å². The molecule has 1 aliphatic rings. The molecule has 134 valence electrons. The van der Waals surface area contributed by atoms with Gasteiger partial charge in [-0.2, -0.15) is 5.10 Å². The largest absolute Gasteiger partial charge is 0.381 e. The van der Waals surface area contributed by atoms with Gasteiger partial charge in [0.15, 0.2) is 0 Å². The monoisotopic (exact) mass is 407 g/mol. The van der Waals surface area contributed by atoms with E-state index in [0.717, 1.165) is 28.4 Å². The second kappa shape index (κ2) is 7.25. The molecule has 25 heavy (non-hydrogen) atoms. The second-order valence-electron chi connectivity index (χ2n) is 6.79. The maximum atomic E-state index is 12.7. The summed E-state index contributed by atoms with van der Waals surface area (Å²) in [6.07, 6.45) is 1.85. The minimum atomic E-state index is -0.245. The molecule has 1 aromatic carbocycles. The fourth-order valence-electron chi connectivity index (χ4n) is 3.10. The number of rotatable bonds is 5. The molecule has 6 nitrogen and oxygen atoms in total. The van der Waals surface area contributed by atoms with Gasteiger partial charge in [-0.3, -0.25) is 9.59 Å². The summed E-state index contributed by atoms with van der Waals surface area (Å²) < 4.78 is 7.38. The third-order valence-electron chi connectivity index (χ3n) is 4.58. The van der Waals surface area contributed by atoms with Crippen LogP contribution in [-0.4, -0.2) is 34.9 Å². The van der Waals surface area contributed by atoms with E-state index in [-0.39, 0.29) is 36.1 Å². The van der Waals surface area contributed by atoms with Gasteiger partial charge >= 0.3 is 0 Å². The van der Waals surface area contributed by atoms with Gasteiger partial charge in [0.25, 0.3) is 5.56 Å². The molecule has 0 aliphatic heterocycles. The molecule has 0 saturated heterocycles. The van der Waals surface area contributed by atoms with Crippen LogP contribution in [0.25, 0.3) is 10.8 Å². The summed E-state index contributed by atoms with van der Waals surface area (Å²) >= 11 is 3.44. The van der Waals surface area contributed by atoms with Crippen LogP contribution in [0.5, 0.6) is 0 Å². The van der Waals surface area contributed by atoms with Crippen molar-refractivity contribution in [3.63, 3.8) is 0 Å². The summed E-state index contributed by atoms with van der Waals surface area (Å²) in [5, 5.41) is 8.81. The third-order valence-corrected chi connectivity index (χ3v) is 5.08. The molecular formula is C18H22BrN3O3. The molecule has 2 aromatic rings. The van der Waals surface area contributed by atoms with Crippen LogP contribution in [0.1, 0.15) is 38.3 Å². The number of amides is 1. The Morgan fingerprint density at radius 1 is 1.40 bits per heavy atom. The lowest BCUT2D eigenvalue weighted by Gasteiger charge is -2.34. The number of hydrogen-bond donors (Lipinski definition) is 1. The molecule has 1 aromatic heterocycles. The number of halogens is 1. The number of ether oxygens (including phenoxy) is 1. The van der Waals surface area contributed by atoms with Crippen LogP contribution in [0.3, 0.4) is 0 Å². The van der Waals surface area contributed by atoms with Gasteiger partial charge < -0.3 is 10.1 Å². The zero-order valence-electron chi connectivity index (χ0n) is 14.6. The van der Waals surface area contributed by atoms with E-state index < -0.39 is 0 Å². The van der Waals surface area contributed by atoms with E-state index in [9.17, 15) is 9.59 Å². The number of methoxy groups -OCH3 is 1. The first-order chi connectivity index (χ1) is 11.9. The average Bonchev–Trinajstić information content (AvgIpc) is 2.52. The molecule has 0 atom stereocenters. The van der Waals surface area contributed by atoms with E-state index in [1.807, 2.05) is 26.0 Å². The van der Waals surface area contributed by atoms with Crippen molar-refractivity contribution in [2.24, 2.45) is 0 Å². The highest BCUT2D eigenvalue weighted by Crippen LogP contribution is 2.25. The molecule has 1 aliphatic carbocycles. The smallest absolute Gasteiger partial charge is 0.275 e. The van der Waals surface area contributed by atoms with Crippen LogP contribution in [0.4, 0.5) is 0 Å². The second-order valence-corrected chi connectivity index (χ2v) is 7.70. The molecule has 1 saturated carbocycles. The van der Waals surface area contributed by atoms with E-state index in [4.69, 9.17) is 4.74 Å². The van der Waals surface area contributed by atoms with Crippen molar-refractivity contribution in [1.29, 1.82) is 0 Å². The Hall–Kier alpha value is -1.73. The van der Waals surface area contributed by atoms with Crippen molar-refractivity contribution in [1.82, 2.24) is 15.1 Å². The van der Waals surface area contributed by atoms with E-state index in [1.54, 1.807) is 13.2 Å². The molecule has 0 spiro atoms. The van der Waals surface area contributed by atoms with Gasteiger partial charge in [-0.05, 0) is 37.0 Å². The summed E-state index contributed by atoms with van der Waals surface area (Å²) in [5.74, 6) is -0.0545. The van der Waals surface area contributed by atoms with Gasteiger partial charge in [0, 0.05) is 23.0 Å². The molecular weight excluding hydrogens is 386 g/mol. The van der Waals surface area contributed by atoms with Gasteiger partial charge in [0.05, 0.1) is 17.2 Å². The highest BCUT2D eigenvalue weighted by atomic mass is 79.9. The van der Waals surface area contributed by atoms with Gasteiger partial charge in [0.1, 0.15) is 6.54 Å². The maximum Gasteiger partial charge on any atom is 0.275 e. The van der Waals surface area contributed by atoms with Crippen LogP contribution >= 0.6 is 15.9 Å². The fourth-order valence-corrected chi connectivity index (χ4v) is 3.46. The number of fused-ring (bicyclic) bond motifs is 1. The van der Waals surface area contributed by atoms with Crippen molar-refractivity contribution in [2.45, 2.75) is 51.3 Å². The topological polar surface area (TPSA) is 73.2 Å². The number of benzene rings is 1. The summed E-state index contributed by atoms with van der Waals surface area (Å²) in [7, 11) is 1.67. The minimum Gasteiger partial charge on any atom is -0.381 e. The lowest BCUT2D eigenvalue weighted by molar-refractivity contribution is -0.124. The van der Waals surface area contributed by atoms with Crippen molar-refractivity contribution < 1.29 is 9.53 Å². The van der Waals surface area contributed by atoms with Crippen LogP contribution in [0.2, 0.25) is 0 Å². The molecule has 0 radical (unpaired) electrons. The van der Waals surface area contributed by atoms with Crippen LogP contribution < -0.4 is 10.9 Å². The Kier molecular flexibility index (Phi) is 5.24. The van der Waals surface area contributed by atoms with E-state index >= 15 is 0 Å². The number of nitrogens with one attached hydrogen (secondary N) is 1. The zero-order valence-corrected chi connectivity index (χ0v) is 16.2. The standard InChI is InChI=1S/C18H22BrN3O3/c1-10(2)17-15-6-11(19)4-5-14(15)18(24)22(21-17)9-16(23)20-12-7-13(8-12)25-3/h4-6,10,12-13H,7-9H2,1-3H3,(H,20,23)/t12-,13+. The number of nitrogens with zero attached hydrogens (tertiary/aromatic N) is 2. The van der Waals surface area contributed by atoms with E-state index in [1.165, 1.54) is 4.68 Å². The molecule has 3 rings (SSSR count). The average molecular weight is 408 g/mol. The van der Waals surface area contributed by atoms with Gasteiger partial charge in [0.2, 0.25) is 5.91 Å². The third kappa shape index (κ3) is 3.77. The Labute approximate surface area is 154 Å². The number of hydrogen-bond acceptors (Lipinski definition) is 4. The van der Waals surface area contributed by atoms with Gasteiger partial charge in [-0.15, -0.1) is 0 Å². The normalized spacial score (nSPS) is 19.9. The molecule has 7 heteroatoms. The SMILES string of the molecule is CO[C@H]1C[C@@H](NC(=O)Cn2nc(C(C)C)c3cc(Br)ccc3c2=O)C1. The molecule has 1 heterocycles. The predicted molar refractivity (Wildman–Crippen MR) is 99.8 cm³/mol. The van der Waals surface area contributed by atoms with E-state index in [0.29, 0.717) is 5.39 Å². The first-order valence-electron chi connectivity index (χ1n) is 8.41. The molecule has 0 unspecified atom stereocenters. The van der Waals surface area contributed by atoms with Crippen molar-refractivity contribution in [3.8, 4) is 0 Å². The fraction of sp³-hybridized carbons (Fsp3) is 0.500. The van der Waals surface area contributed by atoms with E-state index in [2.05, 4.69) is 26.3 Å². The first kappa shape index (κ1) is 18.1. The van der Waals surface area contributed by atoms with Crippen LogP contribution in [0, 0.1) is 0 Å². The lowest BCUT2D eigenvalue weighted by Crippen LogP contribution is -2.49. The van der Waals surface area contributed by atoms with Crippen molar-refractivity contribution in [3.05, 3.63) is 38.7 Å². The Bertz CT molecular complexity index is 857. The predicted octanol–water partition coefficient (Wildman–Crippen LogP) is 2.58. The zero-order chi connectivity index (χ0) is 18.1.